The monoisotopic (exact) mass is 461 g/mol. The zero-order valence-corrected chi connectivity index (χ0v) is 18.8. The summed E-state index contributed by atoms with van der Waals surface area (Å²) in [6, 6.07) is 8.22. The second-order valence-electron chi connectivity index (χ2n) is 8.19. The Morgan fingerprint density at radius 3 is 2.56 bits per heavy atom. The second kappa shape index (κ2) is 8.33. The molecule has 1 unspecified atom stereocenters. The molecule has 1 aliphatic rings. The summed E-state index contributed by atoms with van der Waals surface area (Å²) in [6.07, 6.45) is 5.64. The van der Waals surface area contributed by atoms with Gasteiger partial charge in [0.1, 0.15) is 23.1 Å². The van der Waals surface area contributed by atoms with E-state index < -0.39 is 23.2 Å². The maximum absolute atomic E-state index is 13.7. The maximum Gasteiger partial charge on any atom is 0.293 e. The molecule has 0 aliphatic carbocycles. The molecule has 0 saturated carbocycles. The number of imidazole rings is 1. The number of hydrogen-bond acceptors (Lipinski definition) is 5. The lowest BCUT2D eigenvalue weighted by Crippen LogP contribution is -2.26. The van der Waals surface area contributed by atoms with E-state index in [1.54, 1.807) is 26.6 Å². The summed E-state index contributed by atoms with van der Waals surface area (Å²) in [5.74, 6) is -0.773. The minimum atomic E-state index is -0.709. The minimum Gasteiger partial charge on any atom is -0.495 e. The van der Waals surface area contributed by atoms with Crippen molar-refractivity contribution in [1.82, 2.24) is 19.3 Å². The number of aliphatic imine (C=N–C) groups is 1. The predicted octanol–water partition coefficient (Wildman–Crippen LogP) is 4.31. The first kappa shape index (κ1) is 21.7. The summed E-state index contributed by atoms with van der Waals surface area (Å²) < 4.78 is 36.0. The average molecular weight is 461 g/mol. The minimum absolute atomic E-state index is 0.280. The lowest BCUT2D eigenvalue weighted by atomic mass is 10.0. The van der Waals surface area contributed by atoms with Crippen LogP contribution < -0.4 is 10.3 Å². The normalized spacial score (nSPS) is 13.5. The van der Waals surface area contributed by atoms with Gasteiger partial charge < -0.3 is 9.30 Å². The van der Waals surface area contributed by atoms with Gasteiger partial charge in [-0.25, -0.2) is 23.4 Å². The van der Waals surface area contributed by atoms with Crippen LogP contribution in [0, 0.1) is 18.6 Å². The van der Waals surface area contributed by atoms with Gasteiger partial charge in [-0.2, -0.15) is 5.10 Å². The number of hydrogen-bond donors (Lipinski definition) is 0. The van der Waals surface area contributed by atoms with Crippen LogP contribution in [-0.2, 0) is 6.42 Å². The number of aryl methyl sites for hydroxylation is 1. The van der Waals surface area contributed by atoms with Crippen molar-refractivity contribution in [1.29, 1.82) is 0 Å². The van der Waals surface area contributed by atoms with Crippen molar-refractivity contribution in [3.8, 4) is 11.4 Å². The highest BCUT2D eigenvalue weighted by Crippen LogP contribution is 2.30. The first-order valence-corrected chi connectivity index (χ1v) is 10.7. The number of methoxy groups -OCH3 is 1. The predicted molar refractivity (Wildman–Crippen MR) is 123 cm³/mol. The van der Waals surface area contributed by atoms with Crippen LogP contribution in [0.5, 0.6) is 5.75 Å². The van der Waals surface area contributed by atoms with E-state index in [2.05, 4.69) is 15.1 Å². The topological polar surface area (TPSA) is 74.3 Å². The summed E-state index contributed by atoms with van der Waals surface area (Å²) >= 11 is 0. The van der Waals surface area contributed by atoms with Gasteiger partial charge in [0.15, 0.2) is 0 Å². The Balaban J connectivity index is 1.50. The van der Waals surface area contributed by atoms with Crippen LogP contribution in [0.25, 0.3) is 5.69 Å². The Bertz CT molecular complexity index is 1490. The van der Waals surface area contributed by atoms with E-state index in [9.17, 15) is 13.6 Å². The number of nitrogens with zero attached hydrogens (tertiary/aromatic N) is 5. The third-order valence-electron chi connectivity index (χ3n) is 5.89. The van der Waals surface area contributed by atoms with Crippen molar-refractivity contribution in [3.63, 3.8) is 0 Å². The molecule has 0 fully saturated rings. The summed E-state index contributed by atoms with van der Waals surface area (Å²) in [4.78, 5) is 22.0. The van der Waals surface area contributed by atoms with Crippen LogP contribution in [0.3, 0.4) is 0 Å². The fraction of sp³-hybridized carbons (Fsp3) is 0.200. The standard InChI is InChI=1S/C25H21F2N5O2/c1-14-12-31(13-28-14)22-5-4-16(9-23(22)34-3)21-8-18-11-29-32(25(33)24(18)30-21)15(2)17-6-19(26)10-20(27)7-17/h4-7,9-13,15H,8H2,1-3H3. The number of fused-ring (bicyclic) bond motifs is 1. The number of benzene rings is 2. The molecule has 7 nitrogen and oxygen atoms in total. The summed E-state index contributed by atoms with van der Waals surface area (Å²) in [7, 11) is 1.59. The molecule has 1 aliphatic heterocycles. The molecule has 2 aromatic carbocycles. The number of ether oxygens (including phenoxy) is 1. The van der Waals surface area contributed by atoms with Gasteiger partial charge in [0.2, 0.25) is 0 Å². The van der Waals surface area contributed by atoms with Crippen molar-refractivity contribution in [3.05, 3.63) is 99.5 Å². The molecule has 172 valence electrons. The van der Waals surface area contributed by atoms with Crippen LogP contribution in [0.4, 0.5) is 14.5 Å². The molecule has 0 saturated heterocycles. The lowest BCUT2D eigenvalue weighted by Gasteiger charge is -2.15. The van der Waals surface area contributed by atoms with Crippen LogP contribution in [-0.4, -0.2) is 32.2 Å². The van der Waals surface area contributed by atoms with Crippen LogP contribution in [0.15, 0.2) is 64.9 Å². The van der Waals surface area contributed by atoms with Crippen molar-refractivity contribution < 1.29 is 13.5 Å². The van der Waals surface area contributed by atoms with Gasteiger partial charge >= 0.3 is 0 Å². The molecular formula is C25H21F2N5O2. The number of aromatic nitrogens is 4. The molecular weight excluding hydrogens is 440 g/mol. The Labute approximate surface area is 194 Å². The smallest absolute Gasteiger partial charge is 0.293 e. The van der Waals surface area contributed by atoms with Gasteiger partial charge in [-0.3, -0.25) is 4.79 Å². The fourth-order valence-corrected chi connectivity index (χ4v) is 4.12. The zero-order chi connectivity index (χ0) is 24.0. The molecule has 5 rings (SSSR count). The quantitative estimate of drug-likeness (QED) is 0.444. The van der Waals surface area contributed by atoms with E-state index in [1.165, 1.54) is 16.8 Å². The Kier molecular flexibility index (Phi) is 5.31. The molecule has 0 radical (unpaired) electrons. The summed E-state index contributed by atoms with van der Waals surface area (Å²) in [6.45, 7) is 3.57. The SMILES string of the molecule is COc1cc(C2=Nc3c(cnn(C(C)c4cc(F)cc(F)c4)c3=O)C2)ccc1-n1cnc(C)c1. The maximum atomic E-state index is 13.7. The van der Waals surface area contributed by atoms with E-state index in [4.69, 9.17) is 4.74 Å². The van der Waals surface area contributed by atoms with E-state index in [0.717, 1.165) is 23.0 Å². The zero-order valence-electron chi connectivity index (χ0n) is 18.8. The highest BCUT2D eigenvalue weighted by atomic mass is 19.1. The largest absolute Gasteiger partial charge is 0.495 e. The molecule has 9 heteroatoms. The molecule has 0 N–H and O–H groups in total. The molecule has 0 spiro atoms. The van der Waals surface area contributed by atoms with Gasteiger partial charge in [0.25, 0.3) is 5.56 Å². The first-order chi connectivity index (χ1) is 16.3. The van der Waals surface area contributed by atoms with E-state index in [1.807, 2.05) is 35.9 Å². The lowest BCUT2D eigenvalue weighted by molar-refractivity contribution is 0.413. The third kappa shape index (κ3) is 3.79. The van der Waals surface area contributed by atoms with E-state index >= 15 is 0 Å². The molecule has 34 heavy (non-hydrogen) atoms. The van der Waals surface area contributed by atoms with Crippen LogP contribution in [0.2, 0.25) is 0 Å². The van der Waals surface area contributed by atoms with E-state index in [-0.39, 0.29) is 5.69 Å². The van der Waals surface area contributed by atoms with Crippen molar-refractivity contribution in [2.24, 2.45) is 4.99 Å². The van der Waals surface area contributed by atoms with Gasteiger partial charge in [0.05, 0.1) is 42.8 Å². The number of rotatable bonds is 5. The molecule has 1 atom stereocenters. The average Bonchev–Trinajstić information content (AvgIpc) is 3.45. The van der Waals surface area contributed by atoms with Crippen molar-refractivity contribution in [2.45, 2.75) is 26.3 Å². The Morgan fingerprint density at radius 1 is 1.12 bits per heavy atom. The van der Waals surface area contributed by atoms with Gasteiger partial charge in [-0.1, -0.05) is 6.07 Å². The van der Waals surface area contributed by atoms with Gasteiger partial charge in [-0.05, 0) is 43.7 Å². The Morgan fingerprint density at radius 2 is 1.88 bits per heavy atom. The van der Waals surface area contributed by atoms with Crippen LogP contribution >= 0.6 is 0 Å². The van der Waals surface area contributed by atoms with E-state index in [0.29, 0.717) is 29.0 Å². The van der Waals surface area contributed by atoms with Crippen molar-refractivity contribution in [2.75, 3.05) is 7.11 Å². The molecule has 2 aromatic heterocycles. The third-order valence-corrected chi connectivity index (χ3v) is 5.89. The highest BCUT2D eigenvalue weighted by molar-refractivity contribution is 6.06. The van der Waals surface area contributed by atoms with Crippen molar-refractivity contribution >= 4 is 11.4 Å². The highest BCUT2D eigenvalue weighted by Gasteiger charge is 2.24. The second-order valence-corrected chi connectivity index (χ2v) is 8.19. The van der Waals surface area contributed by atoms with Crippen LogP contribution in [0.1, 0.15) is 35.3 Å². The molecule has 0 bridgehead atoms. The number of halogens is 2. The first-order valence-electron chi connectivity index (χ1n) is 10.7. The molecule has 4 aromatic rings. The summed E-state index contributed by atoms with van der Waals surface area (Å²) in [5, 5.41) is 4.25. The summed E-state index contributed by atoms with van der Waals surface area (Å²) in [5.41, 5.74) is 4.13. The van der Waals surface area contributed by atoms with Gasteiger partial charge in [-0.15, -0.1) is 0 Å². The molecule has 3 heterocycles. The molecule has 0 amide bonds. The fourth-order valence-electron chi connectivity index (χ4n) is 4.12. The van der Waals surface area contributed by atoms with Gasteiger partial charge in [0, 0.05) is 29.8 Å². The Hall–Kier alpha value is -4.14.